The van der Waals surface area contributed by atoms with Crippen LogP contribution in [0.1, 0.15) is 43.5 Å². The van der Waals surface area contributed by atoms with E-state index in [9.17, 15) is 4.79 Å². The summed E-state index contributed by atoms with van der Waals surface area (Å²) in [6.45, 7) is 5.96. The number of nitrogens with zero attached hydrogens (tertiary/aromatic N) is 2. The van der Waals surface area contributed by atoms with Crippen molar-refractivity contribution in [1.29, 1.82) is 0 Å². The van der Waals surface area contributed by atoms with E-state index >= 15 is 0 Å². The standard InChI is InChI=1S/C17H21N3O/c1-12(2)17-18-15(10-16(21)19-17)20-9-8-14(11-20)13-6-4-3-5-7-13/h3-7,10,12,14H,8-9,11H2,1-2H3,(H,18,19,21). The third-order valence-corrected chi connectivity index (χ3v) is 4.08. The molecule has 1 unspecified atom stereocenters. The van der Waals surface area contributed by atoms with Crippen molar-refractivity contribution in [3.8, 4) is 0 Å². The molecular formula is C17H21N3O. The number of nitrogens with one attached hydrogen (secondary N) is 1. The molecule has 1 N–H and O–H groups in total. The van der Waals surface area contributed by atoms with E-state index in [-0.39, 0.29) is 11.5 Å². The molecule has 0 saturated carbocycles. The van der Waals surface area contributed by atoms with Gasteiger partial charge in [-0.15, -0.1) is 0 Å². The fourth-order valence-electron chi connectivity index (χ4n) is 2.86. The lowest BCUT2D eigenvalue weighted by Gasteiger charge is -2.18. The highest BCUT2D eigenvalue weighted by Crippen LogP contribution is 2.29. The summed E-state index contributed by atoms with van der Waals surface area (Å²) in [5, 5.41) is 0. The van der Waals surface area contributed by atoms with Crippen molar-refractivity contribution < 1.29 is 0 Å². The predicted octanol–water partition coefficient (Wildman–Crippen LogP) is 2.89. The Bertz CT molecular complexity index is 663. The molecule has 3 rings (SSSR count). The number of aromatic amines is 1. The van der Waals surface area contributed by atoms with Crippen LogP contribution in [0.2, 0.25) is 0 Å². The molecule has 2 aromatic rings. The van der Waals surface area contributed by atoms with Crippen LogP contribution in [0, 0.1) is 0 Å². The summed E-state index contributed by atoms with van der Waals surface area (Å²) in [6.07, 6.45) is 1.11. The first-order valence-corrected chi connectivity index (χ1v) is 7.54. The topological polar surface area (TPSA) is 49.0 Å². The minimum absolute atomic E-state index is 0.0631. The Morgan fingerprint density at radius 2 is 2.05 bits per heavy atom. The zero-order valence-corrected chi connectivity index (χ0v) is 12.5. The van der Waals surface area contributed by atoms with Gasteiger partial charge in [0.2, 0.25) is 0 Å². The van der Waals surface area contributed by atoms with Gasteiger partial charge in [-0.05, 0) is 12.0 Å². The molecular weight excluding hydrogens is 262 g/mol. The van der Waals surface area contributed by atoms with Gasteiger partial charge in [0.15, 0.2) is 0 Å². The van der Waals surface area contributed by atoms with Gasteiger partial charge in [0.25, 0.3) is 5.56 Å². The number of aromatic nitrogens is 2. The third kappa shape index (κ3) is 2.99. The largest absolute Gasteiger partial charge is 0.356 e. The van der Waals surface area contributed by atoms with Gasteiger partial charge in [0.05, 0.1) is 0 Å². The first kappa shape index (κ1) is 13.9. The lowest BCUT2D eigenvalue weighted by atomic mass is 9.99. The van der Waals surface area contributed by atoms with Crippen LogP contribution in [0.15, 0.2) is 41.2 Å². The van der Waals surface area contributed by atoms with Crippen LogP contribution in [-0.4, -0.2) is 23.1 Å². The maximum Gasteiger partial charge on any atom is 0.252 e. The molecule has 0 aliphatic carbocycles. The first-order chi connectivity index (χ1) is 10.1. The van der Waals surface area contributed by atoms with Crippen LogP contribution in [0.4, 0.5) is 5.82 Å². The fourth-order valence-corrected chi connectivity index (χ4v) is 2.86. The third-order valence-electron chi connectivity index (χ3n) is 4.08. The summed E-state index contributed by atoms with van der Waals surface area (Å²) in [6, 6.07) is 12.2. The van der Waals surface area contributed by atoms with Gasteiger partial charge in [-0.3, -0.25) is 4.79 Å². The van der Waals surface area contributed by atoms with Crippen LogP contribution in [0.3, 0.4) is 0 Å². The second-order valence-electron chi connectivity index (χ2n) is 5.99. The molecule has 4 nitrogen and oxygen atoms in total. The van der Waals surface area contributed by atoms with E-state index in [0.717, 1.165) is 31.2 Å². The Morgan fingerprint density at radius 1 is 1.29 bits per heavy atom. The molecule has 1 aromatic heterocycles. The van der Waals surface area contributed by atoms with E-state index in [1.807, 2.05) is 19.9 Å². The molecule has 0 amide bonds. The Hall–Kier alpha value is -2.10. The molecule has 1 aliphatic rings. The average Bonchev–Trinajstić information content (AvgIpc) is 2.97. The van der Waals surface area contributed by atoms with E-state index < -0.39 is 0 Å². The number of rotatable bonds is 3. The van der Waals surface area contributed by atoms with E-state index in [2.05, 4.69) is 39.1 Å². The Balaban J connectivity index is 1.82. The minimum Gasteiger partial charge on any atom is -0.356 e. The SMILES string of the molecule is CC(C)c1nc(N2CCC(c3ccccc3)C2)cc(=O)[nH]1. The van der Waals surface area contributed by atoms with Gasteiger partial charge < -0.3 is 9.88 Å². The zero-order valence-electron chi connectivity index (χ0n) is 12.5. The Kier molecular flexibility index (Phi) is 3.78. The number of benzene rings is 1. The Morgan fingerprint density at radius 3 is 2.76 bits per heavy atom. The molecule has 0 bridgehead atoms. The predicted molar refractivity (Wildman–Crippen MR) is 85.0 cm³/mol. The molecule has 0 spiro atoms. The van der Waals surface area contributed by atoms with Gasteiger partial charge in [0, 0.05) is 31.0 Å². The Labute approximate surface area is 124 Å². The van der Waals surface area contributed by atoms with Crippen molar-refractivity contribution >= 4 is 5.82 Å². The van der Waals surface area contributed by atoms with Gasteiger partial charge in [-0.25, -0.2) is 4.98 Å². The summed E-state index contributed by atoms with van der Waals surface area (Å²) < 4.78 is 0. The quantitative estimate of drug-likeness (QED) is 0.942. The van der Waals surface area contributed by atoms with Crippen molar-refractivity contribution in [1.82, 2.24) is 9.97 Å². The van der Waals surface area contributed by atoms with Crippen LogP contribution >= 0.6 is 0 Å². The van der Waals surface area contributed by atoms with E-state index in [1.54, 1.807) is 6.07 Å². The van der Waals surface area contributed by atoms with Gasteiger partial charge in [-0.1, -0.05) is 44.2 Å². The van der Waals surface area contributed by atoms with Crippen LogP contribution in [-0.2, 0) is 0 Å². The molecule has 21 heavy (non-hydrogen) atoms. The highest BCUT2D eigenvalue weighted by Gasteiger charge is 2.25. The van der Waals surface area contributed by atoms with Gasteiger partial charge in [-0.2, -0.15) is 0 Å². The van der Waals surface area contributed by atoms with Crippen LogP contribution in [0.25, 0.3) is 0 Å². The van der Waals surface area contributed by atoms with Crippen molar-refractivity contribution in [2.75, 3.05) is 18.0 Å². The lowest BCUT2D eigenvalue weighted by molar-refractivity contribution is 0.752. The molecule has 1 fully saturated rings. The summed E-state index contributed by atoms with van der Waals surface area (Å²) in [4.78, 5) is 21.5. The maximum atomic E-state index is 11.8. The highest BCUT2D eigenvalue weighted by molar-refractivity contribution is 5.41. The molecule has 110 valence electrons. The van der Waals surface area contributed by atoms with E-state index in [4.69, 9.17) is 0 Å². The average molecular weight is 283 g/mol. The maximum absolute atomic E-state index is 11.8. The number of hydrogen-bond acceptors (Lipinski definition) is 3. The van der Waals surface area contributed by atoms with Crippen LogP contribution in [0.5, 0.6) is 0 Å². The number of hydrogen-bond donors (Lipinski definition) is 1. The molecule has 2 heterocycles. The van der Waals surface area contributed by atoms with E-state index in [0.29, 0.717) is 5.92 Å². The fraction of sp³-hybridized carbons (Fsp3) is 0.412. The second-order valence-corrected chi connectivity index (χ2v) is 5.99. The summed E-state index contributed by atoms with van der Waals surface area (Å²) in [5.41, 5.74) is 1.31. The minimum atomic E-state index is -0.0631. The summed E-state index contributed by atoms with van der Waals surface area (Å²) >= 11 is 0. The number of H-pyrrole nitrogens is 1. The van der Waals surface area contributed by atoms with Crippen molar-refractivity contribution in [3.05, 3.63) is 58.1 Å². The summed E-state index contributed by atoms with van der Waals surface area (Å²) in [5.74, 6) is 2.32. The van der Waals surface area contributed by atoms with Gasteiger partial charge in [0.1, 0.15) is 11.6 Å². The molecule has 1 saturated heterocycles. The van der Waals surface area contributed by atoms with Crippen LogP contribution < -0.4 is 10.5 Å². The molecule has 1 atom stereocenters. The lowest BCUT2D eigenvalue weighted by Crippen LogP contribution is -2.24. The second kappa shape index (κ2) is 5.72. The monoisotopic (exact) mass is 283 g/mol. The molecule has 1 aromatic carbocycles. The van der Waals surface area contributed by atoms with Crippen molar-refractivity contribution in [2.24, 2.45) is 0 Å². The zero-order chi connectivity index (χ0) is 14.8. The van der Waals surface area contributed by atoms with Gasteiger partial charge >= 0.3 is 0 Å². The first-order valence-electron chi connectivity index (χ1n) is 7.54. The molecule has 1 aliphatic heterocycles. The smallest absolute Gasteiger partial charge is 0.252 e. The van der Waals surface area contributed by atoms with Crippen molar-refractivity contribution in [3.63, 3.8) is 0 Å². The molecule has 0 radical (unpaired) electrons. The number of anilines is 1. The van der Waals surface area contributed by atoms with E-state index in [1.165, 1.54) is 5.56 Å². The highest BCUT2D eigenvalue weighted by atomic mass is 16.1. The van der Waals surface area contributed by atoms with Crippen molar-refractivity contribution in [2.45, 2.75) is 32.1 Å². The molecule has 4 heteroatoms. The normalized spacial score (nSPS) is 18.4. The summed E-state index contributed by atoms with van der Waals surface area (Å²) in [7, 11) is 0.